The fraction of sp³-hybridized carbons (Fsp3) is 0.417. The van der Waals surface area contributed by atoms with Gasteiger partial charge in [-0.1, -0.05) is 74.5 Å². The Hall–Kier alpha value is -5.01. The van der Waals surface area contributed by atoms with Gasteiger partial charge in [0.2, 0.25) is 23.6 Å². The van der Waals surface area contributed by atoms with Crippen LogP contribution in [0.5, 0.6) is 0 Å². The Kier molecular flexibility index (Phi) is 15.5. The zero-order chi connectivity index (χ0) is 35.8. The molecule has 1 heterocycles. The zero-order valence-corrected chi connectivity index (χ0v) is 28.4. The predicted octanol–water partition coefficient (Wildman–Crippen LogP) is 1.48. The highest BCUT2D eigenvalue weighted by Crippen LogP contribution is 2.11. The number of carbonyl (C=O) groups is 5. The lowest BCUT2D eigenvalue weighted by Gasteiger charge is -2.27. The van der Waals surface area contributed by atoms with Crippen LogP contribution < -0.4 is 32.7 Å². The molecule has 3 aromatic rings. The van der Waals surface area contributed by atoms with Crippen molar-refractivity contribution in [3.05, 3.63) is 95.6 Å². The van der Waals surface area contributed by atoms with Crippen LogP contribution in [0, 0.1) is 12.8 Å². The molecular weight excluding hydrogens is 624 g/mol. The van der Waals surface area contributed by atoms with Gasteiger partial charge in [0, 0.05) is 12.6 Å². The number of imide groups is 1. The van der Waals surface area contributed by atoms with Crippen LogP contribution in [0.2, 0.25) is 0 Å². The molecule has 0 saturated carbocycles. The Morgan fingerprint density at radius 1 is 0.694 bits per heavy atom. The van der Waals surface area contributed by atoms with E-state index in [2.05, 4.69) is 31.2 Å². The second-order valence-electron chi connectivity index (χ2n) is 12.4. The lowest BCUT2D eigenvalue weighted by atomic mass is 9.99. The molecule has 0 spiro atoms. The molecule has 0 bridgehead atoms. The van der Waals surface area contributed by atoms with E-state index in [1.165, 1.54) is 12.4 Å². The molecule has 0 unspecified atom stereocenters. The third-order valence-electron chi connectivity index (χ3n) is 7.72. The van der Waals surface area contributed by atoms with Gasteiger partial charge in [0.05, 0.1) is 17.9 Å². The molecule has 49 heavy (non-hydrogen) atoms. The molecule has 2 aromatic carbocycles. The number of carbonyl (C=O) groups excluding carboxylic acids is 5. The summed E-state index contributed by atoms with van der Waals surface area (Å²) in [5.41, 5.74) is 14.1. The highest BCUT2D eigenvalue weighted by molar-refractivity contribution is 6.06. The largest absolute Gasteiger partial charge is 0.343 e. The summed E-state index contributed by atoms with van der Waals surface area (Å²) in [6, 6.07) is 14.4. The minimum Gasteiger partial charge on any atom is -0.343 e. The first-order valence-electron chi connectivity index (χ1n) is 16.5. The van der Waals surface area contributed by atoms with E-state index < -0.39 is 53.7 Å². The molecule has 13 nitrogen and oxygen atoms in total. The topological polar surface area (TPSA) is 211 Å². The average molecular weight is 673 g/mol. The van der Waals surface area contributed by atoms with Crippen molar-refractivity contribution >= 4 is 29.5 Å². The molecular formula is C36H48N8O5. The smallest absolute Gasteiger partial charge is 0.278 e. The van der Waals surface area contributed by atoms with Crippen molar-refractivity contribution in [1.82, 2.24) is 31.2 Å². The molecule has 0 saturated heterocycles. The Balaban J connectivity index is 1.77. The van der Waals surface area contributed by atoms with Crippen LogP contribution in [-0.2, 0) is 32.0 Å². The first-order chi connectivity index (χ1) is 23.5. The third kappa shape index (κ3) is 13.2. The minimum absolute atomic E-state index is 0.0243. The lowest BCUT2D eigenvalue weighted by Crippen LogP contribution is -2.58. The van der Waals surface area contributed by atoms with E-state index in [0.29, 0.717) is 25.1 Å². The number of hydrogen-bond acceptors (Lipinski definition) is 9. The fourth-order valence-electron chi connectivity index (χ4n) is 5.08. The van der Waals surface area contributed by atoms with Crippen molar-refractivity contribution < 1.29 is 24.0 Å². The van der Waals surface area contributed by atoms with E-state index in [9.17, 15) is 24.0 Å². The summed E-state index contributed by atoms with van der Waals surface area (Å²) in [7, 11) is 0. The number of rotatable bonds is 18. The molecule has 0 aliphatic carbocycles. The van der Waals surface area contributed by atoms with Gasteiger partial charge in [-0.05, 0) is 62.6 Å². The summed E-state index contributed by atoms with van der Waals surface area (Å²) in [4.78, 5) is 74.8. The highest BCUT2D eigenvalue weighted by Gasteiger charge is 2.31. The Morgan fingerprint density at radius 2 is 1.27 bits per heavy atom. The molecule has 13 heteroatoms. The molecule has 1 aromatic heterocycles. The van der Waals surface area contributed by atoms with Crippen molar-refractivity contribution in [3.8, 4) is 0 Å². The molecule has 3 rings (SSSR count). The standard InChI is InChI=1S/C36H48N8O5/c1-23(2)18-29(34(47)41-28(16-10-11-17-37)33(46)44-36(49)31-22-39-24(3)21-40-31)43-35(48)30(20-26-14-8-5-9-15-26)42-32(45)27(38)19-25-12-6-4-7-13-25/h4-9,12-15,21-23,27-30H,10-11,16-20,37-38H2,1-3H3,(H,41,47)(H,42,45)(H,43,48)(H,44,46,49)/t27-,28-,29-,30-/m1/s1. The van der Waals surface area contributed by atoms with Gasteiger partial charge in [-0.2, -0.15) is 0 Å². The van der Waals surface area contributed by atoms with E-state index in [0.717, 1.165) is 11.1 Å². The summed E-state index contributed by atoms with van der Waals surface area (Å²) in [5, 5.41) is 10.6. The van der Waals surface area contributed by atoms with Crippen LogP contribution in [0.3, 0.4) is 0 Å². The maximum atomic E-state index is 13.8. The zero-order valence-electron chi connectivity index (χ0n) is 28.4. The normalized spacial score (nSPS) is 13.4. The molecule has 4 atom stereocenters. The quantitative estimate of drug-likeness (QED) is 0.108. The number of hydrogen-bond donors (Lipinski definition) is 6. The Labute approximate surface area is 287 Å². The molecule has 5 amide bonds. The Morgan fingerprint density at radius 3 is 1.84 bits per heavy atom. The maximum Gasteiger partial charge on any atom is 0.278 e. The van der Waals surface area contributed by atoms with Crippen LogP contribution in [-0.4, -0.2) is 70.2 Å². The second kappa shape index (κ2) is 19.7. The van der Waals surface area contributed by atoms with Crippen LogP contribution in [0.4, 0.5) is 0 Å². The van der Waals surface area contributed by atoms with E-state index >= 15 is 0 Å². The number of aryl methyl sites for hydroxylation is 1. The van der Waals surface area contributed by atoms with E-state index in [1.54, 1.807) is 6.92 Å². The first-order valence-corrected chi connectivity index (χ1v) is 16.5. The molecule has 0 aliphatic rings. The van der Waals surface area contributed by atoms with Gasteiger partial charge < -0.3 is 27.4 Å². The van der Waals surface area contributed by atoms with Gasteiger partial charge in [-0.3, -0.25) is 34.3 Å². The number of aromatic nitrogens is 2. The van der Waals surface area contributed by atoms with Crippen LogP contribution >= 0.6 is 0 Å². The monoisotopic (exact) mass is 672 g/mol. The lowest BCUT2D eigenvalue weighted by molar-refractivity contribution is -0.134. The van der Waals surface area contributed by atoms with E-state index in [4.69, 9.17) is 11.5 Å². The van der Waals surface area contributed by atoms with Crippen LogP contribution in [0.1, 0.15) is 66.8 Å². The summed E-state index contributed by atoms with van der Waals surface area (Å²) in [6.07, 6.45) is 4.64. The number of amides is 5. The van der Waals surface area contributed by atoms with Crippen LogP contribution in [0.25, 0.3) is 0 Å². The minimum atomic E-state index is -1.09. The molecule has 0 radical (unpaired) electrons. The predicted molar refractivity (Wildman–Crippen MR) is 186 cm³/mol. The Bertz CT molecular complexity index is 1520. The molecule has 0 aliphatic heterocycles. The summed E-state index contributed by atoms with van der Waals surface area (Å²) in [6.45, 7) is 5.89. The van der Waals surface area contributed by atoms with Gasteiger partial charge in [0.25, 0.3) is 5.91 Å². The highest BCUT2D eigenvalue weighted by atomic mass is 16.2. The first kappa shape index (κ1) is 38.4. The van der Waals surface area contributed by atoms with Gasteiger partial charge in [0.1, 0.15) is 23.8 Å². The number of nitrogens with zero attached hydrogens (tertiary/aromatic N) is 2. The van der Waals surface area contributed by atoms with Crippen LogP contribution in [0.15, 0.2) is 73.1 Å². The average Bonchev–Trinajstić information content (AvgIpc) is 3.08. The molecule has 0 fully saturated rings. The SMILES string of the molecule is Cc1cnc(C(=O)NC(=O)[C@@H](CCCCN)NC(=O)[C@@H](CC(C)C)NC(=O)[C@@H](Cc2ccccc2)NC(=O)[C@H](N)Cc2ccccc2)cn1. The number of benzene rings is 2. The fourth-order valence-corrected chi connectivity index (χ4v) is 5.08. The summed E-state index contributed by atoms with van der Waals surface area (Å²) in [5.74, 6) is -3.21. The van der Waals surface area contributed by atoms with Gasteiger partial charge in [-0.15, -0.1) is 0 Å². The second-order valence-corrected chi connectivity index (χ2v) is 12.4. The third-order valence-corrected chi connectivity index (χ3v) is 7.72. The van der Waals surface area contributed by atoms with E-state index in [-0.39, 0.29) is 37.3 Å². The van der Waals surface area contributed by atoms with Crippen molar-refractivity contribution in [2.45, 2.75) is 83.5 Å². The number of nitrogens with two attached hydrogens (primary N) is 2. The number of unbranched alkanes of at least 4 members (excludes halogenated alkanes) is 1. The summed E-state index contributed by atoms with van der Waals surface area (Å²) >= 11 is 0. The molecule has 262 valence electrons. The number of nitrogens with one attached hydrogen (secondary N) is 4. The van der Waals surface area contributed by atoms with Gasteiger partial charge in [-0.25, -0.2) is 4.98 Å². The molecule has 8 N–H and O–H groups in total. The van der Waals surface area contributed by atoms with Crippen molar-refractivity contribution in [2.24, 2.45) is 17.4 Å². The van der Waals surface area contributed by atoms with Crippen molar-refractivity contribution in [2.75, 3.05) is 6.54 Å². The van der Waals surface area contributed by atoms with Gasteiger partial charge in [0.15, 0.2) is 0 Å². The maximum absolute atomic E-state index is 13.8. The van der Waals surface area contributed by atoms with E-state index in [1.807, 2.05) is 74.5 Å². The van der Waals surface area contributed by atoms with Gasteiger partial charge >= 0.3 is 0 Å². The van der Waals surface area contributed by atoms with Crippen molar-refractivity contribution in [3.63, 3.8) is 0 Å². The summed E-state index contributed by atoms with van der Waals surface area (Å²) < 4.78 is 0. The van der Waals surface area contributed by atoms with Crippen molar-refractivity contribution in [1.29, 1.82) is 0 Å².